The maximum absolute atomic E-state index is 12.7. The highest BCUT2D eigenvalue weighted by Crippen LogP contribution is 2.19. The molecule has 1 aromatic carbocycles. The first-order valence-corrected chi connectivity index (χ1v) is 9.57. The second kappa shape index (κ2) is 7.93. The van der Waals surface area contributed by atoms with Crippen molar-refractivity contribution in [2.75, 3.05) is 13.2 Å². The molecule has 1 aliphatic heterocycles. The molecule has 1 unspecified atom stereocenters. The molecule has 1 amide bonds. The molecule has 3 aromatic rings. The van der Waals surface area contributed by atoms with Gasteiger partial charge < -0.3 is 10.1 Å². The molecule has 1 fully saturated rings. The normalized spacial score (nSPS) is 16.5. The number of fused-ring (bicyclic) bond motifs is 1. The molecule has 2 aromatic heterocycles. The molecule has 0 spiro atoms. The number of carbonyl (C=O) groups excluding carboxylic acids is 1. The van der Waals surface area contributed by atoms with E-state index in [-0.39, 0.29) is 24.1 Å². The molecule has 1 atom stereocenters. The van der Waals surface area contributed by atoms with E-state index in [0.717, 1.165) is 36.1 Å². The molecular formula is C20H23N5O3. The lowest BCUT2D eigenvalue weighted by atomic mass is 10.1. The molecule has 146 valence electrons. The van der Waals surface area contributed by atoms with Crippen molar-refractivity contribution in [1.29, 1.82) is 0 Å². The van der Waals surface area contributed by atoms with Gasteiger partial charge in [-0.05, 0) is 30.9 Å². The van der Waals surface area contributed by atoms with E-state index in [4.69, 9.17) is 4.74 Å². The number of hydrogen-bond donors (Lipinski definition) is 1. The van der Waals surface area contributed by atoms with E-state index in [9.17, 15) is 9.59 Å². The highest BCUT2D eigenvalue weighted by Gasteiger charge is 2.17. The first kappa shape index (κ1) is 18.4. The molecule has 8 nitrogen and oxygen atoms in total. The van der Waals surface area contributed by atoms with Crippen LogP contribution in [-0.4, -0.2) is 44.6 Å². The molecule has 1 aliphatic rings. The summed E-state index contributed by atoms with van der Waals surface area (Å²) in [4.78, 5) is 24.9. The summed E-state index contributed by atoms with van der Waals surface area (Å²) in [7, 11) is 0. The van der Waals surface area contributed by atoms with E-state index in [1.54, 1.807) is 6.07 Å². The summed E-state index contributed by atoms with van der Waals surface area (Å²) in [5.74, 6) is -0.260. The Morgan fingerprint density at radius 3 is 2.86 bits per heavy atom. The first-order chi connectivity index (χ1) is 13.6. The number of aryl methyl sites for hydroxylation is 1. The monoisotopic (exact) mass is 381 g/mol. The van der Waals surface area contributed by atoms with Crippen LogP contribution in [0.5, 0.6) is 0 Å². The minimum absolute atomic E-state index is 0.0626. The van der Waals surface area contributed by atoms with Gasteiger partial charge in [0, 0.05) is 18.7 Å². The van der Waals surface area contributed by atoms with Crippen molar-refractivity contribution in [2.45, 2.75) is 38.8 Å². The predicted molar refractivity (Wildman–Crippen MR) is 104 cm³/mol. The Morgan fingerprint density at radius 1 is 1.32 bits per heavy atom. The Bertz CT molecular complexity index is 1030. The quantitative estimate of drug-likeness (QED) is 0.697. The number of carbonyl (C=O) groups is 1. The Balaban J connectivity index is 1.51. The molecule has 0 radical (unpaired) electrons. The Hall–Kier alpha value is -3.00. The zero-order chi connectivity index (χ0) is 19.5. The average Bonchev–Trinajstić information content (AvgIpc) is 3.39. The van der Waals surface area contributed by atoms with Crippen LogP contribution in [0.25, 0.3) is 16.8 Å². The third-order valence-corrected chi connectivity index (χ3v) is 4.99. The summed E-state index contributed by atoms with van der Waals surface area (Å²) in [6.45, 7) is 3.17. The Kier molecular flexibility index (Phi) is 5.21. The van der Waals surface area contributed by atoms with Gasteiger partial charge in [0.1, 0.15) is 18.4 Å². The number of ether oxygens (including phenoxy) is 1. The van der Waals surface area contributed by atoms with Gasteiger partial charge in [-0.1, -0.05) is 31.2 Å². The van der Waals surface area contributed by atoms with Crippen molar-refractivity contribution in [3.63, 3.8) is 0 Å². The summed E-state index contributed by atoms with van der Waals surface area (Å²) < 4.78 is 8.09. The van der Waals surface area contributed by atoms with Crippen LogP contribution < -0.4 is 10.9 Å². The number of rotatable bonds is 6. The van der Waals surface area contributed by atoms with Crippen LogP contribution in [0.2, 0.25) is 0 Å². The van der Waals surface area contributed by atoms with Crippen molar-refractivity contribution >= 4 is 11.4 Å². The lowest BCUT2D eigenvalue weighted by molar-refractivity contribution is -0.122. The molecule has 0 bridgehead atoms. The summed E-state index contributed by atoms with van der Waals surface area (Å²) in [5, 5.41) is 11.3. The number of benzene rings is 1. The number of amides is 1. The predicted octanol–water partition coefficient (Wildman–Crippen LogP) is 1.42. The van der Waals surface area contributed by atoms with Crippen LogP contribution in [0.15, 0.2) is 41.5 Å². The summed E-state index contributed by atoms with van der Waals surface area (Å²) >= 11 is 0. The van der Waals surface area contributed by atoms with Gasteiger partial charge in [0.15, 0.2) is 0 Å². The number of hydrogen-bond acceptors (Lipinski definition) is 5. The maximum atomic E-state index is 12.7. The molecule has 8 heteroatoms. The number of nitrogens with zero attached hydrogens (tertiary/aromatic N) is 4. The van der Waals surface area contributed by atoms with Gasteiger partial charge in [0.05, 0.1) is 11.8 Å². The fraction of sp³-hybridized carbons (Fsp3) is 0.400. The molecule has 28 heavy (non-hydrogen) atoms. The summed E-state index contributed by atoms with van der Waals surface area (Å²) in [5.41, 5.74) is 2.91. The molecule has 4 rings (SSSR count). The van der Waals surface area contributed by atoms with E-state index in [0.29, 0.717) is 17.8 Å². The minimum atomic E-state index is -0.348. The standard InChI is InChI=1S/C20H23N5O3/c1-2-14-5-7-15(8-6-14)17-10-18-20(27)24(22-13-25(18)23-17)12-19(26)21-11-16-4-3-9-28-16/h5-8,10,13,16H,2-4,9,11-12H2,1H3,(H,21,26). The third-order valence-electron chi connectivity index (χ3n) is 4.99. The third kappa shape index (κ3) is 3.82. The van der Waals surface area contributed by atoms with Crippen molar-refractivity contribution in [3.8, 4) is 11.3 Å². The fourth-order valence-electron chi connectivity index (χ4n) is 3.33. The maximum Gasteiger partial charge on any atom is 0.293 e. The number of nitrogens with one attached hydrogen (secondary N) is 1. The second-order valence-corrected chi connectivity index (χ2v) is 6.94. The topological polar surface area (TPSA) is 90.5 Å². The van der Waals surface area contributed by atoms with Gasteiger partial charge in [0.2, 0.25) is 5.91 Å². The van der Waals surface area contributed by atoms with Gasteiger partial charge in [-0.15, -0.1) is 0 Å². The highest BCUT2D eigenvalue weighted by atomic mass is 16.5. The average molecular weight is 381 g/mol. The summed E-state index contributed by atoms with van der Waals surface area (Å²) in [6.07, 6.45) is 4.45. The Labute approximate surface area is 162 Å². The molecule has 1 saturated heterocycles. The smallest absolute Gasteiger partial charge is 0.293 e. The van der Waals surface area contributed by atoms with Crippen LogP contribution >= 0.6 is 0 Å². The van der Waals surface area contributed by atoms with E-state index in [1.807, 2.05) is 24.3 Å². The Morgan fingerprint density at radius 2 is 2.14 bits per heavy atom. The molecular weight excluding hydrogens is 358 g/mol. The van der Waals surface area contributed by atoms with E-state index in [2.05, 4.69) is 22.4 Å². The SMILES string of the molecule is CCc1ccc(-c2cc3c(=O)n(CC(=O)NCC4CCCO4)ncn3n2)cc1. The van der Waals surface area contributed by atoms with Crippen LogP contribution in [-0.2, 0) is 22.5 Å². The van der Waals surface area contributed by atoms with Crippen molar-refractivity contribution in [3.05, 3.63) is 52.6 Å². The number of aromatic nitrogens is 4. The van der Waals surface area contributed by atoms with Gasteiger partial charge in [-0.2, -0.15) is 10.2 Å². The van der Waals surface area contributed by atoms with Crippen molar-refractivity contribution < 1.29 is 9.53 Å². The molecule has 1 N–H and O–H groups in total. The lowest BCUT2D eigenvalue weighted by Gasteiger charge is -2.11. The zero-order valence-electron chi connectivity index (χ0n) is 15.8. The van der Waals surface area contributed by atoms with Crippen molar-refractivity contribution in [2.24, 2.45) is 0 Å². The molecule has 0 aliphatic carbocycles. The summed E-state index contributed by atoms with van der Waals surface area (Å²) in [6, 6.07) is 9.81. The highest BCUT2D eigenvalue weighted by molar-refractivity contribution is 5.75. The largest absolute Gasteiger partial charge is 0.376 e. The molecule has 0 saturated carbocycles. The van der Waals surface area contributed by atoms with Crippen molar-refractivity contribution in [1.82, 2.24) is 24.7 Å². The van der Waals surface area contributed by atoms with Crippen LogP contribution in [0.4, 0.5) is 0 Å². The first-order valence-electron chi connectivity index (χ1n) is 9.57. The lowest BCUT2D eigenvalue weighted by Crippen LogP contribution is -2.37. The van der Waals surface area contributed by atoms with E-state index in [1.165, 1.54) is 16.4 Å². The minimum Gasteiger partial charge on any atom is -0.376 e. The van der Waals surface area contributed by atoms with Gasteiger partial charge in [-0.3, -0.25) is 9.59 Å². The zero-order valence-corrected chi connectivity index (χ0v) is 15.8. The van der Waals surface area contributed by atoms with E-state index >= 15 is 0 Å². The van der Waals surface area contributed by atoms with Gasteiger partial charge in [0.25, 0.3) is 5.56 Å². The van der Waals surface area contributed by atoms with Crippen LogP contribution in [0.1, 0.15) is 25.3 Å². The molecule has 3 heterocycles. The van der Waals surface area contributed by atoms with Crippen LogP contribution in [0.3, 0.4) is 0 Å². The fourth-order valence-corrected chi connectivity index (χ4v) is 3.33. The van der Waals surface area contributed by atoms with Gasteiger partial charge in [-0.25, -0.2) is 9.20 Å². The van der Waals surface area contributed by atoms with Crippen LogP contribution in [0, 0.1) is 0 Å². The second-order valence-electron chi connectivity index (χ2n) is 6.94. The van der Waals surface area contributed by atoms with Gasteiger partial charge >= 0.3 is 0 Å². The van der Waals surface area contributed by atoms with E-state index < -0.39 is 0 Å².